The third-order valence-corrected chi connectivity index (χ3v) is 3.89. The van der Waals surface area contributed by atoms with Crippen LogP contribution in [0.25, 0.3) is 0 Å². The Labute approximate surface area is 113 Å². The number of nitrogens with zero attached hydrogens (tertiary/aromatic N) is 2. The van der Waals surface area contributed by atoms with Gasteiger partial charge in [0.25, 0.3) is 5.91 Å². The number of amides is 1. The Morgan fingerprint density at radius 3 is 3.06 bits per heavy atom. The maximum absolute atomic E-state index is 12.3. The monoisotopic (exact) mass is 266 g/mol. The van der Waals surface area contributed by atoms with Gasteiger partial charge in [-0.2, -0.15) is 0 Å². The first-order valence-corrected chi connectivity index (χ1v) is 6.99. The molecule has 1 amide bonds. The van der Waals surface area contributed by atoms with Crippen molar-refractivity contribution in [3.63, 3.8) is 0 Å². The van der Waals surface area contributed by atoms with E-state index >= 15 is 0 Å². The SMILES string of the molecule is CCC1CCCN(C(=O)c2ccnc(Cl)c2)CC1. The molecule has 2 heterocycles. The van der Waals surface area contributed by atoms with Crippen LogP contribution in [0.4, 0.5) is 0 Å². The van der Waals surface area contributed by atoms with Crippen molar-refractivity contribution < 1.29 is 4.79 Å². The van der Waals surface area contributed by atoms with E-state index in [1.165, 1.54) is 12.8 Å². The molecule has 1 aliphatic heterocycles. The van der Waals surface area contributed by atoms with E-state index in [9.17, 15) is 4.79 Å². The first-order valence-electron chi connectivity index (χ1n) is 6.61. The molecule has 18 heavy (non-hydrogen) atoms. The largest absolute Gasteiger partial charge is 0.339 e. The van der Waals surface area contributed by atoms with Crippen LogP contribution in [0.3, 0.4) is 0 Å². The highest BCUT2D eigenvalue weighted by atomic mass is 35.5. The Hall–Kier alpha value is -1.09. The first kappa shape index (κ1) is 13.3. The topological polar surface area (TPSA) is 33.2 Å². The van der Waals surface area contributed by atoms with Gasteiger partial charge in [0.15, 0.2) is 0 Å². The van der Waals surface area contributed by atoms with Gasteiger partial charge in [0.2, 0.25) is 0 Å². The summed E-state index contributed by atoms with van der Waals surface area (Å²) in [6.07, 6.45) is 6.24. The lowest BCUT2D eigenvalue weighted by molar-refractivity contribution is 0.0760. The number of hydrogen-bond donors (Lipinski definition) is 0. The summed E-state index contributed by atoms with van der Waals surface area (Å²) in [6, 6.07) is 3.38. The molecule has 1 atom stereocenters. The first-order chi connectivity index (χ1) is 8.70. The van der Waals surface area contributed by atoms with Crippen molar-refractivity contribution in [2.75, 3.05) is 13.1 Å². The Balaban J connectivity index is 2.05. The van der Waals surface area contributed by atoms with Crippen LogP contribution >= 0.6 is 11.6 Å². The van der Waals surface area contributed by atoms with Crippen LogP contribution in [-0.2, 0) is 0 Å². The van der Waals surface area contributed by atoms with E-state index < -0.39 is 0 Å². The number of rotatable bonds is 2. The highest BCUT2D eigenvalue weighted by Crippen LogP contribution is 2.21. The van der Waals surface area contributed by atoms with Crippen LogP contribution in [-0.4, -0.2) is 28.9 Å². The molecule has 0 N–H and O–H groups in total. The molecule has 0 radical (unpaired) electrons. The minimum absolute atomic E-state index is 0.0797. The second-order valence-electron chi connectivity index (χ2n) is 4.86. The van der Waals surface area contributed by atoms with Crippen molar-refractivity contribution in [2.24, 2.45) is 5.92 Å². The number of carbonyl (C=O) groups excluding carboxylic acids is 1. The molecule has 1 aromatic rings. The van der Waals surface area contributed by atoms with Gasteiger partial charge in [-0.15, -0.1) is 0 Å². The number of pyridine rings is 1. The van der Waals surface area contributed by atoms with Crippen molar-refractivity contribution in [1.29, 1.82) is 0 Å². The van der Waals surface area contributed by atoms with Gasteiger partial charge in [0.05, 0.1) is 0 Å². The fraction of sp³-hybridized carbons (Fsp3) is 0.571. The van der Waals surface area contributed by atoms with Gasteiger partial charge in [0, 0.05) is 24.8 Å². The highest BCUT2D eigenvalue weighted by Gasteiger charge is 2.20. The summed E-state index contributed by atoms with van der Waals surface area (Å²) < 4.78 is 0. The van der Waals surface area contributed by atoms with Crippen molar-refractivity contribution in [3.05, 3.63) is 29.0 Å². The summed E-state index contributed by atoms with van der Waals surface area (Å²) in [4.78, 5) is 18.2. The zero-order valence-corrected chi connectivity index (χ0v) is 11.5. The van der Waals surface area contributed by atoms with Crippen LogP contribution < -0.4 is 0 Å². The predicted octanol–water partition coefficient (Wildman–Crippen LogP) is 3.39. The van der Waals surface area contributed by atoms with Crippen LogP contribution in [0.2, 0.25) is 5.15 Å². The normalized spacial score (nSPS) is 20.6. The van der Waals surface area contributed by atoms with Gasteiger partial charge in [-0.25, -0.2) is 4.98 Å². The molecular weight excluding hydrogens is 248 g/mol. The van der Waals surface area contributed by atoms with E-state index in [2.05, 4.69) is 11.9 Å². The van der Waals surface area contributed by atoms with Gasteiger partial charge in [-0.1, -0.05) is 24.9 Å². The molecule has 1 saturated heterocycles. The molecule has 1 aromatic heterocycles. The van der Waals surface area contributed by atoms with E-state index in [0.29, 0.717) is 10.7 Å². The second kappa shape index (κ2) is 6.19. The van der Waals surface area contributed by atoms with E-state index in [-0.39, 0.29) is 5.91 Å². The Morgan fingerprint density at radius 2 is 2.33 bits per heavy atom. The molecule has 2 rings (SSSR count). The molecule has 0 saturated carbocycles. The van der Waals surface area contributed by atoms with E-state index in [1.807, 2.05) is 4.90 Å². The Morgan fingerprint density at radius 1 is 1.50 bits per heavy atom. The second-order valence-corrected chi connectivity index (χ2v) is 5.25. The fourth-order valence-electron chi connectivity index (χ4n) is 2.49. The van der Waals surface area contributed by atoms with Crippen molar-refractivity contribution in [3.8, 4) is 0 Å². The summed E-state index contributed by atoms with van der Waals surface area (Å²) in [5, 5.41) is 0.377. The molecule has 3 nitrogen and oxygen atoms in total. The van der Waals surface area contributed by atoms with Crippen LogP contribution in [0, 0.1) is 5.92 Å². The molecule has 0 bridgehead atoms. The molecule has 0 spiro atoms. The average Bonchev–Trinajstić information content (AvgIpc) is 2.63. The van der Waals surface area contributed by atoms with E-state index in [0.717, 1.165) is 31.8 Å². The fourth-order valence-corrected chi connectivity index (χ4v) is 2.67. The summed E-state index contributed by atoms with van der Waals surface area (Å²) >= 11 is 5.82. The smallest absolute Gasteiger partial charge is 0.254 e. The molecule has 0 aliphatic carbocycles. The predicted molar refractivity (Wildman–Crippen MR) is 72.8 cm³/mol. The van der Waals surface area contributed by atoms with Crippen molar-refractivity contribution in [2.45, 2.75) is 32.6 Å². The van der Waals surface area contributed by atoms with E-state index in [1.54, 1.807) is 18.3 Å². The van der Waals surface area contributed by atoms with Crippen LogP contribution in [0.5, 0.6) is 0 Å². The lowest BCUT2D eigenvalue weighted by Crippen LogP contribution is -2.32. The number of halogens is 1. The van der Waals surface area contributed by atoms with Gasteiger partial charge in [-0.3, -0.25) is 4.79 Å². The number of likely N-dealkylation sites (tertiary alicyclic amines) is 1. The zero-order chi connectivity index (χ0) is 13.0. The van der Waals surface area contributed by atoms with Crippen LogP contribution in [0.1, 0.15) is 43.0 Å². The summed E-state index contributed by atoms with van der Waals surface area (Å²) in [5.74, 6) is 0.847. The van der Waals surface area contributed by atoms with E-state index in [4.69, 9.17) is 11.6 Å². The van der Waals surface area contributed by atoms with Gasteiger partial charge >= 0.3 is 0 Å². The van der Waals surface area contributed by atoms with Gasteiger partial charge in [-0.05, 0) is 37.3 Å². The van der Waals surface area contributed by atoms with Crippen molar-refractivity contribution in [1.82, 2.24) is 9.88 Å². The van der Waals surface area contributed by atoms with Crippen molar-refractivity contribution >= 4 is 17.5 Å². The molecule has 1 unspecified atom stereocenters. The molecule has 1 aliphatic rings. The number of aromatic nitrogens is 1. The average molecular weight is 267 g/mol. The quantitative estimate of drug-likeness (QED) is 0.769. The standard InChI is InChI=1S/C14H19ClN2O/c1-2-11-4-3-8-17(9-6-11)14(18)12-5-7-16-13(15)10-12/h5,7,10-11H,2-4,6,8-9H2,1H3. The third-order valence-electron chi connectivity index (χ3n) is 3.69. The van der Waals surface area contributed by atoms with Gasteiger partial charge in [0.1, 0.15) is 5.15 Å². The number of carbonyl (C=O) groups is 1. The zero-order valence-electron chi connectivity index (χ0n) is 10.7. The number of hydrogen-bond acceptors (Lipinski definition) is 2. The summed E-state index contributed by atoms with van der Waals surface area (Å²) in [7, 11) is 0. The van der Waals surface area contributed by atoms with Crippen LogP contribution in [0.15, 0.2) is 18.3 Å². The maximum Gasteiger partial charge on any atom is 0.254 e. The molecule has 0 aromatic carbocycles. The maximum atomic E-state index is 12.3. The minimum Gasteiger partial charge on any atom is -0.339 e. The minimum atomic E-state index is 0.0797. The molecule has 4 heteroatoms. The third kappa shape index (κ3) is 3.22. The van der Waals surface area contributed by atoms with Gasteiger partial charge < -0.3 is 4.90 Å². The summed E-state index contributed by atoms with van der Waals surface area (Å²) in [5.41, 5.74) is 0.643. The lowest BCUT2D eigenvalue weighted by atomic mass is 9.98. The Bertz CT molecular complexity index is 422. The molecule has 98 valence electrons. The molecule has 1 fully saturated rings. The summed E-state index contributed by atoms with van der Waals surface area (Å²) in [6.45, 7) is 3.94. The lowest BCUT2D eigenvalue weighted by Gasteiger charge is -2.20. The highest BCUT2D eigenvalue weighted by molar-refractivity contribution is 6.29. The Kier molecular flexibility index (Phi) is 4.59. The molecular formula is C14H19ClN2O.